The highest BCUT2D eigenvalue weighted by atomic mass is 16.6. The fraction of sp³-hybridized carbons (Fsp3) is 0.800. The van der Waals surface area contributed by atoms with Crippen LogP contribution in [0.25, 0.3) is 0 Å². The van der Waals surface area contributed by atoms with Gasteiger partial charge >= 0.3 is 12.2 Å². The van der Waals surface area contributed by atoms with Crippen molar-refractivity contribution in [2.24, 2.45) is 23.5 Å². The molecule has 24 heavy (non-hydrogen) atoms. The van der Waals surface area contributed by atoms with Crippen LogP contribution in [0.5, 0.6) is 0 Å². The lowest BCUT2D eigenvalue weighted by molar-refractivity contribution is -0.121. The number of nitrogens with two attached hydrogens (primary N) is 1. The van der Waals surface area contributed by atoms with Crippen LogP contribution in [0.1, 0.15) is 46.5 Å². The normalized spacial score (nSPS) is 17.7. The SMILES string of the molecule is CC(C)(C)OC(=O)N[C@H](C(N)=O)C(C1CC1)C1CC1.N.O=C(O)O. The summed E-state index contributed by atoms with van der Waals surface area (Å²) in [4.78, 5) is 32.0. The van der Waals surface area contributed by atoms with Gasteiger partial charge in [0.25, 0.3) is 0 Å². The van der Waals surface area contributed by atoms with E-state index in [2.05, 4.69) is 5.32 Å². The molecule has 0 spiro atoms. The van der Waals surface area contributed by atoms with Gasteiger partial charge in [-0.1, -0.05) is 0 Å². The molecule has 1 atom stereocenters. The van der Waals surface area contributed by atoms with Crippen molar-refractivity contribution in [2.45, 2.75) is 58.1 Å². The third-order valence-corrected chi connectivity index (χ3v) is 3.70. The van der Waals surface area contributed by atoms with Gasteiger partial charge < -0.3 is 32.2 Å². The second-order valence-electron chi connectivity index (χ2n) is 7.06. The molecule has 140 valence electrons. The van der Waals surface area contributed by atoms with Crippen molar-refractivity contribution >= 4 is 18.2 Å². The van der Waals surface area contributed by atoms with Gasteiger partial charge in [-0.25, -0.2) is 9.59 Å². The Hall–Kier alpha value is -2.03. The minimum atomic E-state index is -1.83. The zero-order valence-corrected chi connectivity index (χ0v) is 14.4. The highest BCUT2D eigenvalue weighted by Crippen LogP contribution is 2.50. The molecule has 0 saturated heterocycles. The van der Waals surface area contributed by atoms with Gasteiger partial charge in [0.15, 0.2) is 0 Å². The summed E-state index contributed by atoms with van der Waals surface area (Å²) in [5, 5.41) is 16.6. The van der Waals surface area contributed by atoms with Crippen LogP contribution in [0.4, 0.5) is 9.59 Å². The maximum atomic E-state index is 11.8. The zero-order chi connectivity index (χ0) is 17.8. The minimum Gasteiger partial charge on any atom is -0.450 e. The Morgan fingerprint density at radius 3 is 1.71 bits per heavy atom. The van der Waals surface area contributed by atoms with Crippen LogP contribution in [0.3, 0.4) is 0 Å². The minimum absolute atomic E-state index is 0. The van der Waals surface area contributed by atoms with E-state index >= 15 is 0 Å². The largest absolute Gasteiger partial charge is 0.503 e. The van der Waals surface area contributed by atoms with Crippen molar-refractivity contribution in [3.8, 4) is 0 Å². The van der Waals surface area contributed by atoms with Crippen LogP contribution in [0.2, 0.25) is 0 Å². The van der Waals surface area contributed by atoms with E-state index in [1.807, 2.05) is 0 Å². The predicted octanol–water partition coefficient (Wildman–Crippen LogP) is 2.19. The Morgan fingerprint density at radius 2 is 1.46 bits per heavy atom. The summed E-state index contributed by atoms with van der Waals surface area (Å²) in [6.45, 7) is 5.39. The van der Waals surface area contributed by atoms with Crippen LogP contribution >= 0.6 is 0 Å². The highest BCUT2D eigenvalue weighted by Gasteiger charge is 2.48. The lowest BCUT2D eigenvalue weighted by atomic mass is 9.89. The van der Waals surface area contributed by atoms with Crippen LogP contribution in [0.15, 0.2) is 0 Å². The molecule has 2 fully saturated rings. The number of ether oxygens (including phenoxy) is 1. The van der Waals surface area contributed by atoms with Crippen molar-refractivity contribution in [2.75, 3.05) is 0 Å². The number of alkyl carbamates (subject to hydrolysis) is 1. The average molecular weight is 347 g/mol. The fourth-order valence-corrected chi connectivity index (χ4v) is 2.68. The van der Waals surface area contributed by atoms with E-state index in [-0.39, 0.29) is 12.1 Å². The highest BCUT2D eigenvalue weighted by molar-refractivity contribution is 5.84. The van der Waals surface area contributed by atoms with Crippen LogP contribution < -0.4 is 17.2 Å². The van der Waals surface area contributed by atoms with Crippen LogP contribution in [-0.4, -0.2) is 40.0 Å². The first kappa shape index (κ1) is 22.0. The van der Waals surface area contributed by atoms with E-state index in [4.69, 9.17) is 25.5 Å². The van der Waals surface area contributed by atoms with E-state index in [9.17, 15) is 9.59 Å². The quantitative estimate of drug-likeness (QED) is 0.506. The first-order valence-electron chi connectivity index (χ1n) is 7.72. The molecule has 2 saturated carbocycles. The molecule has 2 amide bonds. The number of amides is 2. The summed E-state index contributed by atoms with van der Waals surface area (Å²) in [6, 6.07) is -0.588. The predicted molar refractivity (Wildman–Crippen MR) is 87.0 cm³/mol. The molecule has 2 aliphatic rings. The van der Waals surface area contributed by atoms with Gasteiger partial charge in [0, 0.05) is 0 Å². The second kappa shape index (κ2) is 8.72. The molecule has 0 radical (unpaired) electrons. The summed E-state index contributed by atoms with van der Waals surface area (Å²) in [6.07, 6.45) is 2.17. The average Bonchev–Trinajstić information content (AvgIpc) is 3.20. The third-order valence-electron chi connectivity index (χ3n) is 3.70. The lowest BCUT2D eigenvalue weighted by Gasteiger charge is -2.27. The molecule has 9 heteroatoms. The van der Waals surface area contributed by atoms with Gasteiger partial charge in [-0.05, 0) is 64.2 Å². The monoisotopic (exact) mass is 347 g/mol. The number of rotatable bonds is 5. The molecule has 2 aliphatic carbocycles. The third kappa shape index (κ3) is 8.56. The van der Waals surface area contributed by atoms with E-state index in [1.165, 1.54) is 0 Å². The number of nitrogens with one attached hydrogen (secondary N) is 1. The van der Waals surface area contributed by atoms with Crippen molar-refractivity contribution < 1.29 is 29.3 Å². The van der Waals surface area contributed by atoms with E-state index in [0.717, 1.165) is 25.7 Å². The Kier molecular flexibility index (Phi) is 7.98. The Balaban J connectivity index is 0.000000954. The number of carboxylic acid groups (broad SMARTS) is 2. The van der Waals surface area contributed by atoms with Crippen molar-refractivity contribution in [1.82, 2.24) is 11.5 Å². The first-order chi connectivity index (χ1) is 10.5. The number of hydrogen-bond donors (Lipinski definition) is 5. The number of hydrogen-bond acceptors (Lipinski definition) is 5. The summed E-state index contributed by atoms with van der Waals surface area (Å²) in [5.74, 6) is 0.833. The summed E-state index contributed by atoms with van der Waals surface area (Å²) in [7, 11) is 0. The van der Waals surface area contributed by atoms with Gasteiger partial charge in [-0.15, -0.1) is 0 Å². The van der Waals surface area contributed by atoms with Gasteiger partial charge in [0.1, 0.15) is 11.6 Å². The second-order valence-corrected chi connectivity index (χ2v) is 7.06. The van der Waals surface area contributed by atoms with E-state index in [0.29, 0.717) is 11.8 Å². The van der Waals surface area contributed by atoms with E-state index < -0.39 is 29.8 Å². The topological polar surface area (TPSA) is 174 Å². The molecular formula is C15H29N3O6. The Bertz CT molecular complexity index is 439. The Labute approximate surface area is 141 Å². The summed E-state index contributed by atoms with van der Waals surface area (Å²) < 4.78 is 5.21. The molecule has 0 aromatic carbocycles. The molecule has 0 heterocycles. The summed E-state index contributed by atoms with van der Waals surface area (Å²) in [5.41, 5.74) is 4.90. The number of carbonyl (C=O) groups is 3. The molecular weight excluding hydrogens is 318 g/mol. The zero-order valence-electron chi connectivity index (χ0n) is 14.4. The van der Waals surface area contributed by atoms with Gasteiger partial charge in [-0.3, -0.25) is 4.79 Å². The molecule has 9 nitrogen and oxygen atoms in total. The van der Waals surface area contributed by atoms with Gasteiger partial charge in [0.2, 0.25) is 5.91 Å². The first-order valence-corrected chi connectivity index (χ1v) is 7.72. The van der Waals surface area contributed by atoms with Crippen molar-refractivity contribution in [1.29, 1.82) is 0 Å². The molecule has 0 bridgehead atoms. The van der Waals surface area contributed by atoms with Gasteiger partial charge in [-0.2, -0.15) is 0 Å². The van der Waals surface area contributed by atoms with E-state index in [1.54, 1.807) is 20.8 Å². The Morgan fingerprint density at radius 1 is 1.08 bits per heavy atom. The van der Waals surface area contributed by atoms with Crippen molar-refractivity contribution in [3.63, 3.8) is 0 Å². The number of carbonyl (C=O) groups excluding carboxylic acids is 2. The lowest BCUT2D eigenvalue weighted by Crippen LogP contribution is -2.51. The summed E-state index contributed by atoms with van der Waals surface area (Å²) >= 11 is 0. The molecule has 0 aromatic heterocycles. The maximum absolute atomic E-state index is 11.8. The van der Waals surface area contributed by atoms with Gasteiger partial charge in [0.05, 0.1) is 0 Å². The number of primary amides is 1. The smallest absolute Gasteiger partial charge is 0.450 e. The maximum Gasteiger partial charge on any atom is 0.503 e. The van der Waals surface area contributed by atoms with Crippen LogP contribution in [-0.2, 0) is 9.53 Å². The standard InChI is InChI=1S/C14H24N2O3.CH2O3.H3N/c1-14(2,3)19-13(18)16-11(12(15)17)10(8-4-5-8)9-6-7-9;2-1(3)4;/h8-11H,4-7H2,1-3H3,(H2,15,17)(H,16,18);(H2,2,3,4);1H3/t11-;;/m0../s1. The molecule has 0 unspecified atom stereocenters. The van der Waals surface area contributed by atoms with Crippen molar-refractivity contribution in [3.05, 3.63) is 0 Å². The molecule has 2 rings (SSSR count). The molecule has 8 N–H and O–H groups in total. The fourth-order valence-electron chi connectivity index (χ4n) is 2.68. The molecule has 0 aliphatic heterocycles. The molecule has 0 aromatic rings. The van der Waals surface area contributed by atoms with Crippen LogP contribution in [0, 0.1) is 17.8 Å².